The highest BCUT2D eigenvalue weighted by Gasteiger charge is 2.23. The van der Waals surface area contributed by atoms with E-state index in [0.29, 0.717) is 12.4 Å². The van der Waals surface area contributed by atoms with Crippen LogP contribution < -0.4 is 15.4 Å². The van der Waals surface area contributed by atoms with Gasteiger partial charge in [0.1, 0.15) is 25.0 Å². The largest absolute Gasteiger partial charge is 0.489 e. The second-order valence-electron chi connectivity index (χ2n) is 8.57. The molecule has 0 bridgehead atoms. The summed E-state index contributed by atoms with van der Waals surface area (Å²) >= 11 is 0. The Hall–Kier alpha value is -4.37. The van der Waals surface area contributed by atoms with Crippen molar-refractivity contribution in [1.82, 2.24) is 10.6 Å². The number of aliphatic hydroxyl groups excluding tert-OH is 1. The molecule has 9 heteroatoms. The van der Waals surface area contributed by atoms with E-state index in [0.717, 1.165) is 16.7 Å². The molecule has 0 fully saturated rings. The van der Waals surface area contributed by atoms with Crippen molar-refractivity contribution in [3.05, 3.63) is 102 Å². The summed E-state index contributed by atoms with van der Waals surface area (Å²) in [6.45, 7) is 0.335. The number of carbonyl (C=O) groups is 3. The highest BCUT2D eigenvalue weighted by Crippen LogP contribution is 2.16. The van der Waals surface area contributed by atoms with Gasteiger partial charge in [-0.2, -0.15) is 0 Å². The normalized spacial score (nSPS) is 12.1. The molecule has 3 aromatic rings. The van der Waals surface area contributed by atoms with Crippen LogP contribution in [-0.2, 0) is 38.7 Å². The molecule has 2 amide bonds. The Morgan fingerprint density at radius 2 is 1.42 bits per heavy atom. The van der Waals surface area contributed by atoms with Crippen LogP contribution in [0, 0.1) is 0 Å². The predicted molar refractivity (Wildman–Crippen MR) is 140 cm³/mol. The van der Waals surface area contributed by atoms with E-state index in [-0.39, 0.29) is 26.0 Å². The Morgan fingerprint density at radius 1 is 0.816 bits per heavy atom. The zero-order valence-corrected chi connectivity index (χ0v) is 21.2. The lowest BCUT2D eigenvalue weighted by molar-refractivity contribution is -0.145. The Morgan fingerprint density at radius 3 is 2.03 bits per heavy atom. The molecule has 0 aromatic heterocycles. The summed E-state index contributed by atoms with van der Waals surface area (Å²) in [5, 5.41) is 15.2. The average molecular weight is 521 g/mol. The summed E-state index contributed by atoms with van der Waals surface area (Å²) in [5.41, 5.74) is 2.66. The highest BCUT2D eigenvalue weighted by molar-refractivity contribution is 5.85. The van der Waals surface area contributed by atoms with Crippen molar-refractivity contribution in [2.75, 3.05) is 13.7 Å². The second kappa shape index (κ2) is 15.0. The fraction of sp³-hybridized carbons (Fsp3) is 0.276. The summed E-state index contributed by atoms with van der Waals surface area (Å²) < 4.78 is 15.7. The van der Waals surface area contributed by atoms with Gasteiger partial charge in [0, 0.05) is 13.0 Å². The highest BCUT2D eigenvalue weighted by atomic mass is 16.5. The minimum absolute atomic E-state index is 0.0875. The van der Waals surface area contributed by atoms with Gasteiger partial charge in [0.2, 0.25) is 5.91 Å². The van der Waals surface area contributed by atoms with Gasteiger partial charge in [-0.05, 0) is 28.8 Å². The monoisotopic (exact) mass is 520 g/mol. The van der Waals surface area contributed by atoms with E-state index in [1.54, 1.807) is 12.1 Å². The Balaban J connectivity index is 1.43. The van der Waals surface area contributed by atoms with Crippen LogP contribution in [0.25, 0.3) is 0 Å². The number of rotatable bonds is 13. The van der Waals surface area contributed by atoms with Crippen molar-refractivity contribution in [1.29, 1.82) is 0 Å². The van der Waals surface area contributed by atoms with Crippen LogP contribution in [0.3, 0.4) is 0 Å². The predicted octanol–water partition coefficient (Wildman–Crippen LogP) is 3.14. The van der Waals surface area contributed by atoms with Crippen molar-refractivity contribution in [2.45, 2.75) is 38.2 Å². The number of hydrogen-bond donors (Lipinski definition) is 3. The molecular formula is C29H32N2O7. The lowest BCUT2D eigenvalue weighted by Crippen LogP contribution is -2.45. The van der Waals surface area contributed by atoms with Crippen LogP contribution >= 0.6 is 0 Å². The number of aliphatic hydroxyl groups is 1. The first-order valence-corrected chi connectivity index (χ1v) is 12.2. The molecule has 0 saturated heterocycles. The number of carbonyl (C=O) groups excluding carboxylic acids is 3. The van der Waals surface area contributed by atoms with Crippen LogP contribution in [0.1, 0.15) is 23.1 Å². The molecular weight excluding hydrogens is 488 g/mol. The van der Waals surface area contributed by atoms with E-state index in [2.05, 4.69) is 10.6 Å². The molecule has 38 heavy (non-hydrogen) atoms. The molecule has 3 N–H and O–H groups in total. The third-order valence-corrected chi connectivity index (χ3v) is 5.55. The van der Waals surface area contributed by atoms with E-state index < -0.39 is 30.1 Å². The van der Waals surface area contributed by atoms with Crippen LogP contribution in [0.5, 0.6) is 5.75 Å². The van der Waals surface area contributed by atoms with Gasteiger partial charge in [0.15, 0.2) is 0 Å². The smallest absolute Gasteiger partial charge is 0.407 e. The number of ether oxygens (including phenoxy) is 3. The molecule has 0 spiro atoms. The Bertz CT molecular complexity index is 1150. The third kappa shape index (κ3) is 9.94. The van der Waals surface area contributed by atoms with Crippen LogP contribution in [0.4, 0.5) is 4.79 Å². The van der Waals surface area contributed by atoms with Crippen LogP contribution in [-0.4, -0.2) is 48.9 Å². The second-order valence-corrected chi connectivity index (χ2v) is 8.57. The van der Waals surface area contributed by atoms with Crippen molar-refractivity contribution < 1.29 is 33.7 Å². The number of nitrogens with one attached hydrogen (secondary N) is 2. The molecule has 3 rings (SSSR count). The van der Waals surface area contributed by atoms with Gasteiger partial charge in [-0.3, -0.25) is 4.79 Å². The van der Waals surface area contributed by atoms with Crippen LogP contribution in [0.2, 0.25) is 0 Å². The van der Waals surface area contributed by atoms with E-state index in [1.807, 2.05) is 72.8 Å². The molecule has 0 unspecified atom stereocenters. The van der Waals surface area contributed by atoms with E-state index >= 15 is 0 Å². The van der Waals surface area contributed by atoms with E-state index in [1.165, 1.54) is 7.11 Å². The molecule has 0 aliphatic rings. The first-order valence-electron chi connectivity index (χ1n) is 12.2. The summed E-state index contributed by atoms with van der Waals surface area (Å²) in [6.07, 6.45) is -2.01. The fourth-order valence-electron chi connectivity index (χ4n) is 3.55. The zero-order valence-electron chi connectivity index (χ0n) is 21.2. The van der Waals surface area contributed by atoms with E-state index in [9.17, 15) is 19.5 Å². The quantitative estimate of drug-likeness (QED) is 0.296. The van der Waals surface area contributed by atoms with Gasteiger partial charge in [-0.1, -0.05) is 72.8 Å². The Kier molecular flexibility index (Phi) is 11.1. The molecule has 3 aromatic carbocycles. The van der Waals surface area contributed by atoms with Gasteiger partial charge in [0.25, 0.3) is 0 Å². The van der Waals surface area contributed by atoms with Gasteiger partial charge >= 0.3 is 12.1 Å². The minimum atomic E-state index is -1.17. The SMILES string of the molecule is COC(=O)[C@H](Cc1ccc(OCc2ccccc2)cc1)NC(=O)C[C@H](O)CNC(=O)OCc1ccccc1. The summed E-state index contributed by atoms with van der Waals surface area (Å²) in [6, 6.07) is 25.2. The molecule has 0 aliphatic carbocycles. The maximum Gasteiger partial charge on any atom is 0.407 e. The molecule has 2 atom stereocenters. The van der Waals surface area contributed by atoms with Crippen molar-refractivity contribution >= 4 is 18.0 Å². The van der Waals surface area contributed by atoms with Gasteiger partial charge in [0.05, 0.1) is 19.6 Å². The summed E-state index contributed by atoms with van der Waals surface area (Å²) in [5.74, 6) is -0.496. The molecule has 0 aliphatic heterocycles. The Labute approximate surface area is 221 Å². The first kappa shape index (κ1) is 28.2. The molecule has 0 heterocycles. The summed E-state index contributed by atoms with van der Waals surface area (Å²) in [4.78, 5) is 36.6. The number of esters is 1. The molecule has 0 saturated carbocycles. The number of benzene rings is 3. The first-order chi connectivity index (χ1) is 18.4. The number of alkyl carbamates (subject to hydrolysis) is 1. The number of amides is 2. The number of methoxy groups -OCH3 is 1. The third-order valence-electron chi connectivity index (χ3n) is 5.55. The van der Waals surface area contributed by atoms with Crippen molar-refractivity contribution in [3.63, 3.8) is 0 Å². The minimum Gasteiger partial charge on any atom is -0.489 e. The molecule has 9 nitrogen and oxygen atoms in total. The standard InChI is InChI=1S/C29H32N2O7/c1-36-28(34)26(16-21-12-14-25(15-13-21)37-19-22-8-4-2-5-9-22)31-27(33)17-24(32)18-30-29(35)38-20-23-10-6-3-7-11-23/h2-15,24,26,32H,16-20H2,1H3,(H,30,35)(H,31,33)/t24-,26-/m0/s1. The average Bonchev–Trinajstić information content (AvgIpc) is 2.95. The van der Waals surface area contributed by atoms with Gasteiger partial charge in [-0.25, -0.2) is 9.59 Å². The lowest BCUT2D eigenvalue weighted by atomic mass is 10.1. The number of hydrogen-bond acceptors (Lipinski definition) is 7. The van der Waals surface area contributed by atoms with Crippen LogP contribution in [0.15, 0.2) is 84.9 Å². The molecule has 0 radical (unpaired) electrons. The van der Waals surface area contributed by atoms with E-state index in [4.69, 9.17) is 14.2 Å². The summed E-state index contributed by atoms with van der Waals surface area (Å²) in [7, 11) is 1.24. The molecule has 200 valence electrons. The maximum atomic E-state index is 12.5. The van der Waals surface area contributed by atoms with Gasteiger partial charge in [-0.15, -0.1) is 0 Å². The van der Waals surface area contributed by atoms with Gasteiger partial charge < -0.3 is 30.0 Å². The fourth-order valence-corrected chi connectivity index (χ4v) is 3.55. The zero-order chi connectivity index (χ0) is 27.2. The lowest BCUT2D eigenvalue weighted by Gasteiger charge is -2.18. The maximum absolute atomic E-state index is 12.5. The van der Waals surface area contributed by atoms with Crippen molar-refractivity contribution in [3.8, 4) is 5.75 Å². The van der Waals surface area contributed by atoms with Crippen molar-refractivity contribution in [2.24, 2.45) is 0 Å². The topological polar surface area (TPSA) is 123 Å².